The summed E-state index contributed by atoms with van der Waals surface area (Å²) in [5.41, 5.74) is 0.740. The van der Waals surface area contributed by atoms with Gasteiger partial charge < -0.3 is 10.1 Å². The molecule has 0 radical (unpaired) electrons. The summed E-state index contributed by atoms with van der Waals surface area (Å²) < 4.78 is 0.465. The first-order chi connectivity index (χ1) is 5.15. The maximum Gasteiger partial charge on any atom is 0.356 e. The van der Waals surface area contributed by atoms with Gasteiger partial charge in [-0.15, -0.1) is 0 Å². The van der Waals surface area contributed by atoms with Crippen LogP contribution in [0, 0.1) is 0 Å². The second-order valence-corrected chi connectivity index (χ2v) is 2.76. The van der Waals surface area contributed by atoms with Gasteiger partial charge in [0, 0.05) is 0 Å². The van der Waals surface area contributed by atoms with Gasteiger partial charge in [0.15, 0.2) is 10.4 Å². The molecule has 0 aromatic carbocycles. The largest absolute Gasteiger partial charge is 0.476 e. The van der Waals surface area contributed by atoms with Gasteiger partial charge in [-0.05, 0) is 22.4 Å². The highest BCUT2D eigenvalue weighted by molar-refractivity contribution is 9.10. The number of carboxylic acid groups (broad SMARTS) is 1. The van der Waals surface area contributed by atoms with Crippen molar-refractivity contribution in [1.82, 2.24) is 9.97 Å². The van der Waals surface area contributed by atoms with Crippen molar-refractivity contribution in [2.24, 2.45) is 0 Å². The van der Waals surface area contributed by atoms with Crippen LogP contribution in [0.15, 0.2) is 4.73 Å². The number of carboxylic acids is 1. The van der Waals surface area contributed by atoms with Gasteiger partial charge in [0.2, 0.25) is 0 Å². The summed E-state index contributed by atoms with van der Waals surface area (Å²) in [6.45, 7) is 1.87. The quantitative estimate of drug-likeness (QED) is 0.790. The minimum atomic E-state index is -0.996. The van der Waals surface area contributed by atoms with E-state index in [9.17, 15) is 4.79 Å². The molecule has 1 aromatic heterocycles. The maximum absolute atomic E-state index is 10.5. The molecule has 0 aliphatic heterocycles. The molecule has 4 nitrogen and oxygen atoms in total. The molecule has 2 N–H and O–H groups in total. The molecule has 0 fully saturated rings. The number of H-pyrrole nitrogens is 1. The molecule has 0 atom stereocenters. The van der Waals surface area contributed by atoms with Gasteiger partial charge in [-0.1, -0.05) is 6.92 Å². The van der Waals surface area contributed by atoms with Crippen LogP contribution in [-0.4, -0.2) is 21.0 Å². The minimum absolute atomic E-state index is 0.0966. The molecule has 1 aromatic rings. The molecule has 0 aliphatic rings. The molecule has 0 amide bonds. The van der Waals surface area contributed by atoms with E-state index in [0.29, 0.717) is 16.8 Å². The van der Waals surface area contributed by atoms with E-state index < -0.39 is 5.97 Å². The van der Waals surface area contributed by atoms with Gasteiger partial charge in [-0.25, -0.2) is 9.78 Å². The van der Waals surface area contributed by atoms with Gasteiger partial charge in [0.1, 0.15) is 0 Å². The van der Waals surface area contributed by atoms with E-state index in [1.807, 2.05) is 6.92 Å². The van der Waals surface area contributed by atoms with Gasteiger partial charge in [-0.2, -0.15) is 0 Å². The van der Waals surface area contributed by atoms with E-state index in [0.717, 1.165) is 0 Å². The Balaban J connectivity index is 3.12. The Kier molecular flexibility index (Phi) is 2.28. The molecule has 0 bridgehead atoms. The summed E-state index contributed by atoms with van der Waals surface area (Å²) in [4.78, 5) is 17.0. The van der Waals surface area contributed by atoms with Crippen molar-refractivity contribution >= 4 is 21.9 Å². The van der Waals surface area contributed by atoms with Crippen molar-refractivity contribution in [2.75, 3.05) is 0 Å². The Morgan fingerprint density at radius 2 is 2.45 bits per heavy atom. The topological polar surface area (TPSA) is 66.0 Å². The molecule has 0 aliphatic carbocycles. The average Bonchev–Trinajstić information content (AvgIpc) is 2.30. The summed E-state index contributed by atoms with van der Waals surface area (Å²) in [6, 6.07) is 0. The third-order valence-electron chi connectivity index (χ3n) is 1.31. The predicted octanol–water partition coefficient (Wildman–Crippen LogP) is 1.43. The number of halogens is 1. The van der Waals surface area contributed by atoms with Crippen molar-refractivity contribution in [3.05, 3.63) is 16.1 Å². The Morgan fingerprint density at radius 3 is 2.82 bits per heavy atom. The molecule has 1 heterocycles. The molecule has 0 unspecified atom stereocenters. The SMILES string of the molecule is CCc1[nH]c(Br)nc1C(=O)O. The fraction of sp³-hybridized carbons (Fsp3) is 0.333. The van der Waals surface area contributed by atoms with E-state index in [2.05, 4.69) is 25.9 Å². The fourth-order valence-electron chi connectivity index (χ4n) is 0.810. The van der Waals surface area contributed by atoms with Crippen LogP contribution in [0.4, 0.5) is 0 Å². The fourth-order valence-corrected chi connectivity index (χ4v) is 1.23. The average molecular weight is 219 g/mol. The second-order valence-electron chi connectivity index (χ2n) is 2.01. The normalized spacial score (nSPS) is 10.0. The van der Waals surface area contributed by atoms with Crippen LogP contribution in [0.5, 0.6) is 0 Å². The summed E-state index contributed by atoms with van der Waals surface area (Å²) in [5, 5.41) is 8.61. The Hall–Kier alpha value is -0.840. The number of aromatic nitrogens is 2. The first-order valence-electron chi connectivity index (χ1n) is 3.12. The number of rotatable bonds is 2. The van der Waals surface area contributed by atoms with Crippen molar-refractivity contribution in [3.63, 3.8) is 0 Å². The molecule has 5 heteroatoms. The van der Waals surface area contributed by atoms with Crippen LogP contribution in [0.1, 0.15) is 23.1 Å². The van der Waals surface area contributed by atoms with Crippen molar-refractivity contribution in [3.8, 4) is 0 Å². The van der Waals surface area contributed by atoms with Crippen molar-refractivity contribution in [2.45, 2.75) is 13.3 Å². The summed E-state index contributed by atoms with van der Waals surface area (Å²) in [6.07, 6.45) is 0.639. The molecule has 0 spiro atoms. The first-order valence-corrected chi connectivity index (χ1v) is 3.92. The van der Waals surface area contributed by atoms with E-state index in [1.54, 1.807) is 0 Å². The third kappa shape index (κ3) is 1.59. The van der Waals surface area contributed by atoms with E-state index in [1.165, 1.54) is 0 Å². The monoisotopic (exact) mass is 218 g/mol. The Morgan fingerprint density at radius 1 is 1.82 bits per heavy atom. The van der Waals surface area contributed by atoms with E-state index in [4.69, 9.17) is 5.11 Å². The zero-order valence-electron chi connectivity index (χ0n) is 5.89. The number of aromatic amines is 1. The molecule has 11 heavy (non-hydrogen) atoms. The van der Waals surface area contributed by atoms with Crippen molar-refractivity contribution in [1.29, 1.82) is 0 Å². The number of aryl methyl sites for hydroxylation is 1. The summed E-state index contributed by atoms with van der Waals surface area (Å²) >= 11 is 3.06. The summed E-state index contributed by atoms with van der Waals surface area (Å²) in [5.74, 6) is -0.996. The number of aromatic carboxylic acids is 1. The van der Waals surface area contributed by atoms with Crippen molar-refractivity contribution < 1.29 is 9.90 Å². The molecular weight excluding hydrogens is 212 g/mol. The lowest BCUT2D eigenvalue weighted by atomic mass is 10.3. The first kappa shape index (κ1) is 8.26. The summed E-state index contributed by atoms with van der Waals surface area (Å²) in [7, 11) is 0. The molecule has 60 valence electrons. The highest BCUT2D eigenvalue weighted by Crippen LogP contribution is 2.11. The lowest BCUT2D eigenvalue weighted by Crippen LogP contribution is -2.00. The van der Waals surface area contributed by atoms with Crippen LogP contribution < -0.4 is 0 Å². The number of nitrogens with zero attached hydrogens (tertiary/aromatic N) is 1. The van der Waals surface area contributed by atoms with Crippen LogP contribution in [0.2, 0.25) is 0 Å². The smallest absolute Gasteiger partial charge is 0.356 e. The molecule has 1 rings (SSSR count). The van der Waals surface area contributed by atoms with Crippen LogP contribution in [0.3, 0.4) is 0 Å². The number of hydrogen-bond acceptors (Lipinski definition) is 2. The van der Waals surface area contributed by atoms with Crippen LogP contribution in [0.25, 0.3) is 0 Å². The lowest BCUT2D eigenvalue weighted by Gasteiger charge is -1.90. The zero-order valence-corrected chi connectivity index (χ0v) is 7.47. The second kappa shape index (κ2) is 3.04. The van der Waals surface area contributed by atoms with Gasteiger partial charge >= 0.3 is 5.97 Å². The maximum atomic E-state index is 10.5. The number of carbonyl (C=O) groups is 1. The van der Waals surface area contributed by atoms with Gasteiger partial charge in [0.05, 0.1) is 5.69 Å². The Labute approximate surface area is 71.8 Å². The van der Waals surface area contributed by atoms with Crippen LogP contribution in [-0.2, 0) is 6.42 Å². The number of nitrogens with one attached hydrogen (secondary N) is 1. The van der Waals surface area contributed by atoms with E-state index in [-0.39, 0.29) is 5.69 Å². The standard InChI is InChI=1S/C6H7BrN2O2/c1-2-3-4(5(10)11)9-6(7)8-3/h2H2,1H3,(H,8,9)(H,10,11). The third-order valence-corrected chi connectivity index (χ3v) is 1.68. The number of hydrogen-bond donors (Lipinski definition) is 2. The molecule has 0 saturated heterocycles. The van der Waals surface area contributed by atoms with Gasteiger partial charge in [-0.3, -0.25) is 0 Å². The van der Waals surface area contributed by atoms with Gasteiger partial charge in [0.25, 0.3) is 0 Å². The minimum Gasteiger partial charge on any atom is -0.476 e. The highest BCUT2D eigenvalue weighted by atomic mass is 79.9. The molecule has 0 saturated carbocycles. The highest BCUT2D eigenvalue weighted by Gasteiger charge is 2.13. The predicted molar refractivity (Wildman–Crippen MR) is 42.6 cm³/mol. The van der Waals surface area contributed by atoms with Crippen LogP contribution >= 0.6 is 15.9 Å². The number of imidazole rings is 1. The zero-order chi connectivity index (χ0) is 8.43. The van der Waals surface area contributed by atoms with E-state index >= 15 is 0 Å². The molecular formula is C6H7BrN2O2. The Bertz CT molecular complexity index is 282. The lowest BCUT2D eigenvalue weighted by molar-refractivity contribution is 0.0690.